The van der Waals surface area contributed by atoms with E-state index in [0.29, 0.717) is 16.5 Å². The summed E-state index contributed by atoms with van der Waals surface area (Å²) in [6, 6.07) is 5.60. The zero-order valence-electron chi connectivity index (χ0n) is 12.5. The molecular weight excluding hydrogens is 352 g/mol. The lowest BCUT2D eigenvalue weighted by molar-refractivity contribution is 0.0907. The maximum Gasteiger partial charge on any atom is 0.253 e. The van der Waals surface area contributed by atoms with Gasteiger partial charge in [-0.15, -0.1) is 0 Å². The Kier molecular flexibility index (Phi) is 6.08. The quantitative estimate of drug-likeness (QED) is 0.866. The molecule has 21 heavy (non-hydrogen) atoms. The highest BCUT2D eigenvalue weighted by atomic mass is 79.9. The van der Waals surface area contributed by atoms with Crippen LogP contribution in [0.25, 0.3) is 0 Å². The molecule has 1 aliphatic rings. The summed E-state index contributed by atoms with van der Waals surface area (Å²) in [6.07, 6.45) is 2.01. The van der Waals surface area contributed by atoms with E-state index < -0.39 is 0 Å². The van der Waals surface area contributed by atoms with E-state index in [-0.39, 0.29) is 11.9 Å². The first-order chi connectivity index (χ1) is 9.95. The highest BCUT2D eigenvalue weighted by Gasteiger charge is 2.22. The van der Waals surface area contributed by atoms with Crippen molar-refractivity contribution in [2.24, 2.45) is 5.92 Å². The summed E-state index contributed by atoms with van der Waals surface area (Å²) in [4.78, 5) is 14.8. The maximum absolute atomic E-state index is 12.3. The largest absolute Gasteiger partial charge is 0.349 e. The Balaban J connectivity index is 1.87. The predicted molar refractivity (Wildman–Crippen MR) is 90.9 cm³/mol. The van der Waals surface area contributed by atoms with Gasteiger partial charge in [0.25, 0.3) is 5.91 Å². The van der Waals surface area contributed by atoms with Crippen LogP contribution in [0.2, 0.25) is 5.02 Å². The zero-order chi connectivity index (χ0) is 15.4. The van der Waals surface area contributed by atoms with Crippen LogP contribution in [-0.2, 0) is 0 Å². The topological polar surface area (TPSA) is 32.3 Å². The fourth-order valence-electron chi connectivity index (χ4n) is 2.71. The van der Waals surface area contributed by atoms with Crippen LogP contribution >= 0.6 is 27.5 Å². The first kappa shape index (κ1) is 16.8. The molecule has 1 heterocycles. The van der Waals surface area contributed by atoms with E-state index in [9.17, 15) is 4.79 Å². The molecule has 0 saturated carbocycles. The van der Waals surface area contributed by atoms with Gasteiger partial charge >= 0.3 is 0 Å². The van der Waals surface area contributed by atoms with E-state index in [1.165, 1.54) is 0 Å². The van der Waals surface area contributed by atoms with Gasteiger partial charge in [0.05, 0.1) is 10.6 Å². The van der Waals surface area contributed by atoms with Gasteiger partial charge in [0.2, 0.25) is 0 Å². The summed E-state index contributed by atoms with van der Waals surface area (Å²) in [7, 11) is 0. The molecule has 0 radical (unpaired) electrons. The first-order valence-electron chi connectivity index (χ1n) is 7.44. The Morgan fingerprint density at radius 1 is 1.43 bits per heavy atom. The van der Waals surface area contributed by atoms with Crippen LogP contribution in [0.15, 0.2) is 22.7 Å². The van der Waals surface area contributed by atoms with Gasteiger partial charge in [-0.25, -0.2) is 0 Å². The summed E-state index contributed by atoms with van der Waals surface area (Å²) in [6.45, 7) is 7.72. The Labute approximate surface area is 140 Å². The smallest absolute Gasteiger partial charge is 0.253 e. The highest BCUT2D eigenvalue weighted by Crippen LogP contribution is 2.22. The monoisotopic (exact) mass is 372 g/mol. The number of halogens is 2. The van der Waals surface area contributed by atoms with Crippen molar-refractivity contribution in [2.75, 3.05) is 19.6 Å². The molecule has 5 heteroatoms. The maximum atomic E-state index is 12.3. The van der Waals surface area contributed by atoms with Gasteiger partial charge in [-0.2, -0.15) is 0 Å². The van der Waals surface area contributed by atoms with Gasteiger partial charge in [-0.3, -0.25) is 4.79 Å². The Morgan fingerprint density at radius 2 is 2.10 bits per heavy atom. The van der Waals surface area contributed by atoms with Crippen LogP contribution in [0, 0.1) is 5.92 Å². The van der Waals surface area contributed by atoms with Crippen LogP contribution in [-0.4, -0.2) is 36.5 Å². The van der Waals surface area contributed by atoms with E-state index >= 15 is 0 Å². The molecule has 1 amide bonds. The molecule has 2 rings (SSSR count). The van der Waals surface area contributed by atoms with Gasteiger partial charge < -0.3 is 10.2 Å². The lowest BCUT2D eigenvalue weighted by Crippen LogP contribution is -2.45. The van der Waals surface area contributed by atoms with E-state index in [2.05, 4.69) is 40.0 Å². The van der Waals surface area contributed by atoms with Crippen molar-refractivity contribution >= 4 is 33.4 Å². The molecule has 0 aromatic heterocycles. The number of carbonyl (C=O) groups excluding carboxylic acids is 1. The fourth-order valence-corrected chi connectivity index (χ4v) is 3.47. The van der Waals surface area contributed by atoms with Crippen LogP contribution in [0.3, 0.4) is 0 Å². The number of nitrogens with zero attached hydrogens (tertiary/aromatic N) is 1. The Morgan fingerprint density at radius 3 is 2.67 bits per heavy atom. The number of benzene rings is 1. The second-order valence-corrected chi connectivity index (χ2v) is 7.39. The number of piperidine rings is 1. The van der Waals surface area contributed by atoms with Crippen molar-refractivity contribution in [3.8, 4) is 0 Å². The lowest BCUT2D eigenvalue weighted by atomic mass is 10.0. The molecule has 1 fully saturated rings. The van der Waals surface area contributed by atoms with Crippen molar-refractivity contribution in [1.29, 1.82) is 0 Å². The van der Waals surface area contributed by atoms with Crippen molar-refractivity contribution in [1.82, 2.24) is 10.2 Å². The molecule has 0 atom stereocenters. The standard InChI is InChI=1S/C16H22BrClN2O/c1-11(2)10-20-7-5-13(6-8-20)19-16(21)14-4-3-12(17)9-15(14)18/h3-4,9,11,13H,5-8,10H2,1-2H3,(H,19,21). The number of amides is 1. The van der Waals surface area contributed by atoms with E-state index in [1.54, 1.807) is 12.1 Å². The highest BCUT2D eigenvalue weighted by molar-refractivity contribution is 9.10. The average molecular weight is 374 g/mol. The third-order valence-electron chi connectivity index (χ3n) is 3.72. The van der Waals surface area contributed by atoms with Gasteiger partial charge in [0, 0.05) is 30.1 Å². The minimum atomic E-state index is -0.0743. The number of carbonyl (C=O) groups is 1. The van der Waals surface area contributed by atoms with Crippen molar-refractivity contribution in [3.05, 3.63) is 33.3 Å². The minimum Gasteiger partial charge on any atom is -0.349 e. The molecule has 1 aromatic rings. The summed E-state index contributed by atoms with van der Waals surface area (Å²) in [5.74, 6) is 0.618. The van der Waals surface area contributed by atoms with E-state index in [0.717, 1.165) is 36.9 Å². The normalized spacial score (nSPS) is 17.2. The van der Waals surface area contributed by atoms with E-state index in [1.807, 2.05) is 6.07 Å². The van der Waals surface area contributed by atoms with Crippen LogP contribution < -0.4 is 5.32 Å². The predicted octanol–water partition coefficient (Wildman–Crippen LogP) is 3.95. The summed E-state index contributed by atoms with van der Waals surface area (Å²) in [5, 5.41) is 3.59. The molecule has 1 N–H and O–H groups in total. The van der Waals surface area contributed by atoms with Crippen molar-refractivity contribution in [3.63, 3.8) is 0 Å². The molecule has 116 valence electrons. The molecule has 1 aromatic carbocycles. The van der Waals surface area contributed by atoms with Crippen molar-refractivity contribution < 1.29 is 4.79 Å². The molecule has 1 saturated heterocycles. The lowest BCUT2D eigenvalue weighted by Gasteiger charge is -2.33. The van der Waals surface area contributed by atoms with Crippen LogP contribution in [0.4, 0.5) is 0 Å². The number of nitrogens with one attached hydrogen (secondary N) is 1. The Hall–Kier alpha value is -0.580. The second-order valence-electron chi connectivity index (χ2n) is 6.07. The summed E-state index contributed by atoms with van der Waals surface area (Å²) < 4.78 is 0.881. The van der Waals surface area contributed by atoms with Gasteiger partial charge in [0.15, 0.2) is 0 Å². The van der Waals surface area contributed by atoms with E-state index in [4.69, 9.17) is 11.6 Å². The average Bonchev–Trinajstić information content (AvgIpc) is 2.40. The van der Waals surface area contributed by atoms with Gasteiger partial charge in [-0.05, 0) is 37.0 Å². The van der Waals surface area contributed by atoms with Crippen LogP contribution in [0.5, 0.6) is 0 Å². The van der Waals surface area contributed by atoms with Gasteiger partial charge in [0.1, 0.15) is 0 Å². The molecule has 0 aliphatic carbocycles. The number of likely N-dealkylation sites (tertiary alicyclic amines) is 1. The third kappa shape index (κ3) is 4.97. The molecular formula is C16H22BrClN2O. The molecule has 0 bridgehead atoms. The molecule has 0 spiro atoms. The third-order valence-corrected chi connectivity index (χ3v) is 4.53. The first-order valence-corrected chi connectivity index (χ1v) is 8.61. The number of hydrogen-bond donors (Lipinski definition) is 1. The minimum absolute atomic E-state index is 0.0743. The molecule has 0 unspecified atom stereocenters. The number of rotatable bonds is 4. The Bertz CT molecular complexity index is 499. The number of hydrogen-bond acceptors (Lipinski definition) is 2. The summed E-state index contributed by atoms with van der Waals surface area (Å²) in [5.41, 5.74) is 0.546. The molecule has 1 aliphatic heterocycles. The summed E-state index contributed by atoms with van der Waals surface area (Å²) >= 11 is 9.47. The SMILES string of the molecule is CC(C)CN1CCC(NC(=O)c2ccc(Br)cc2Cl)CC1. The zero-order valence-corrected chi connectivity index (χ0v) is 14.9. The van der Waals surface area contributed by atoms with Crippen molar-refractivity contribution in [2.45, 2.75) is 32.7 Å². The fraction of sp³-hybridized carbons (Fsp3) is 0.562. The second kappa shape index (κ2) is 7.61. The van der Waals surface area contributed by atoms with Crippen LogP contribution in [0.1, 0.15) is 37.0 Å². The van der Waals surface area contributed by atoms with Gasteiger partial charge in [-0.1, -0.05) is 41.4 Å². The molecule has 3 nitrogen and oxygen atoms in total.